The molecule has 0 N–H and O–H groups in total. The van der Waals surface area contributed by atoms with E-state index in [9.17, 15) is 14.9 Å². The maximum absolute atomic E-state index is 13.2. The largest absolute Gasteiger partial charge is 0.358 e. The lowest BCUT2D eigenvalue weighted by molar-refractivity contribution is -0.392. The minimum Gasteiger partial charge on any atom is -0.358 e. The standard InChI is InChI=1S/C22H18ClN5O3/c1-15-24-14-20(28(30)31)26(15)10-11-27-21(17-7-3-2-4-8-17)25-19(22(27)29)13-16-6-5-9-18(23)12-16/h2-9,12-14H,10-11H2,1H3/b19-13-. The average Bonchev–Trinajstić information content (AvgIpc) is 3.27. The van der Waals surface area contributed by atoms with E-state index in [1.54, 1.807) is 31.2 Å². The number of benzene rings is 2. The molecule has 1 aliphatic heterocycles. The number of aliphatic imine (C=N–C) groups is 1. The smallest absolute Gasteiger partial charge is 0.342 e. The van der Waals surface area contributed by atoms with Crippen molar-refractivity contribution < 1.29 is 9.72 Å². The maximum atomic E-state index is 13.2. The van der Waals surface area contributed by atoms with E-state index in [-0.39, 0.29) is 30.5 Å². The third-order valence-corrected chi connectivity index (χ3v) is 5.13. The first-order valence-electron chi connectivity index (χ1n) is 9.54. The molecule has 9 heteroatoms. The Balaban J connectivity index is 1.67. The number of carbonyl (C=O) groups excluding carboxylic acids is 1. The molecule has 0 fully saturated rings. The van der Waals surface area contributed by atoms with Gasteiger partial charge in [-0.25, -0.2) is 14.5 Å². The number of amidine groups is 1. The highest BCUT2D eigenvalue weighted by atomic mass is 35.5. The minimum absolute atomic E-state index is 0.114. The molecule has 1 aromatic heterocycles. The van der Waals surface area contributed by atoms with Gasteiger partial charge in [-0.15, -0.1) is 0 Å². The van der Waals surface area contributed by atoms with Crippen LogP contribution in [0.15, 0.2) is 71.5 Å². The molecule has 31 heavy (non-hydrogen) atoms. The summed E-state index contributed by atoms with van der Waals surface area (Å²) < 4.78 is 1.48. The Morgan fingerprint density at radius 3 is 2.61 bits per heavy atom. The van der Waals surface area contributed by atoms with Gasteiger partial charge in [-0.3, -0.25) is 9.69 Å². The monoisotopic (exact) mass is 435 g/mol. The number of hydrogen-bond acceptors (Lipinski definition) is 5. The zero-order chi connectivity index (χ0) is 22.0. The Hall–Kier alpha value is -3.78. The molecule has 1 aliphatic rings. The SMILES string of the molecule is Cc1ncc([N+](=O)[O-])n1CCN1C(=O)/C(=C/c2cccc(Cl)c2)N=C1c1ccccc1. The highest BCUT2D eigenvalue weighted by Crippen LogP contribution is 2.24. The van der Waals surface area contributed by atoms with Crippen LogP contribution in [0.2, 0.25) is 5.02 Å². The number of halogens is 1. The van der Waals surface area contributed by atoms with Crippen molar-refractivity contribution in [3.8, 4) is 0 Å². The predicted molar refractivity (Wildman–Crippen MR) is 118 cm³/mol. The fourth-order valence-corrected chi connectivity index (χ4v) is 3.60. The molecule has 1 amide bonds. The van der Waals surface area contributed by atoms with Gasteiger partial charge in [0.25, 0.3) is 5.91 Å². The lowest BCUT2D eigenvalue weighted by Gasteiger charge is -2.18. The van der Waals surface area contributed by atoms with E-state index < -0.39 is 4.92 Å². The van der Waals surface area contributed by atoms with Crippen LogP contribution >= 0.6 is 11.6 Å². The summed E-state index contributed by atoms with van der Waals surface area (Å²) in [5.74, 6) is 0.613. The van der Waals surface area contributed by atoms with Crippen molar-refractivity contribution in [1.82, 2.24) is 14.5 Å². The fourth-order valence-electron chi connectivity index (χ4n) is 3.40. The summed E-state index contributed by atoms with van der Waals surface area (Å²) in [7, 11) is 0. The van der Waals surface area contributed by atoms with Crippen molar-refractivity contribution >= 4 is 35.2 Å². The lowest BCUT2D eigenvalue weighted by Crippen LogP contribution is -2.35. The van der Waals surface area contributed by atoms with Gasteiger partial charge in [0.1, 0.15) is 24.3 Å². The van der Waals surface area contributed by atoms with E-state index in [2.05, 4.69) is 9.98 Å². The van der Waals surface area contributed by atoms with Crippen molar-refractivity contribution in [1.29, 1.82) is 0 Å². The van der Waals surface area contributed by atoms with E-state index in [1.165, 1.54) is 15.7 Å². The van der Waals surface area contributed by atoms with Gasteiger partial charge < -0.3 is 10.1 Å². The van der Waals surface area contributed by atoms with E-state index >= 15 is 0 Å². The van der Waals surface area contributed by atoms with E-state index in [1.807, 2.05) is 36.4 Å². The molecular formula is C22H18ClN5O3. The zero-order valence-corrected chi connectivity index (χ0v) is 17.4. The second kappa shape index (κ2) is 8.53. The molecule has 0 aliphatic carbocycles. The Kier molecular flexibility index (Phi) is 5.64. The lowest BCUT2D eigenvalue weighted by atomic mass is 10.2. The van der Waals surface area contributed by atoms with Gasteiger partial charge in [0.15, 0.2) is 5.82 Å². The summed E-state index contributed by atoms with van der Waals surface area (Å²) in [6.07, 6.45) is 2.90. The number of nitrogens with zero attached hydrogens (tertiary/aromatic N) is 5. The molecular weight excluding hydrogens is 418 g/mol. The van der Waals surface area contributed by atoms with Crippen LogP contribution in [0.5, 0.6) is 0 Å². The molecule has 156 valence electrons. The van der Waals surface area contributed by atoms with Crippen LogP contribution < -0.4 is 0 Å². The number of aryl methyl sites for hydroxylation is 1. The molecule has 4 rings (SSSR count). The van der Waals surface area contributed by atoms with E-state index in [0.29, 0.717) is 16.7 Å². The number of amides is 1. The van der Waals surface area contributed by atoms with Gasteiger partial charge in [-0.1, -0.05) is 54.1 Å². The van der Waals surface area contributed by atoms with Crippen molar-refractivity contribution in [2.24, 2.45) is 4.99 Å². The maximum Gasteiger partial charge on any atom is 0.342 e. The molecule has 0 atom stereocenters. The molecule has 0 spiro atoms. The first kappa shape index (κ1) is 20.5. The topological polar surface area (TPSA) is 93.6 Å². The van der Waals surface area contributed by atoms with Gasteiger partial charge in [0.05, 0.1) is 6.54 Å². The summed E-state index contributed by atoms with van der Waals surface area (Å²) in [6.45, 7) is 2.11. The molecule has 0 unspecified atom stereocenters. The van der Waals surface area contributed by atoms with Gasteiger partial charge in [-0.05, 0) is 28.7 Å². The van der Waals surface area contributed by atoms with Crippen LogP contribution in [0, 0.1) is 17.0 Å². The second-order valence-corrected chi connectivity index (χ2v) is 7.35. The van der Waals surface area contributed by atoms with Gasteiger partial charge in [-0.2, -0.15) is 0 Å². The molecule has 3 aromatic rings. The van der Waals surface area contributed by atoms with Crippen molar-refractivity contribution in [3.63, 3.8) is 0 Å². The zero-order valence-electron chi connectivity index (χ0n) is 16.6. The third-order valence-electron chi connectivity index (χ3n) is 4.90. The molecule has 0 saturated heterocycles. The summed E-state index contributed by atoms with van der Waals surface area (Å²) in [6, 6.07) is 16.5. The van der Waals surface area contributed by atoms with Crippen LogP contribution in [0.3, 0.4) is 0 Å². The Bertz CT molecular complexity index is 1220. The molecule has 2 heterocycles. The van der Waals surface area contributed by atoms with Crippen molar-refractivity contribution in [2.45, 2.75) is 13.5 Å². The minimum atomic E-state index is -0.484. The summed E-state index contributed by atoms with van der Waals surface area (Å²) in [5, 5.41) is 11.8. The highest BCUT2D eigenvalue weighted by molar-refractivity contribution is 6.30. The highest BCUT2D eigenvalue weighted by Gasteiger charge is 2.32. The first-order chi connectivity index (χ1) is 14.9. The summed E-state index contributed by atoms with van der Waals surface area (Å²) in [5.41, 5.74) is 1.81. The number of aromatic nitrogens is 2. The Morgan fingerprint density at radius 1 is 1.13 bits per heavy atom. The van der Waals surface area contributed by atoms with E-state index in [4.69, 9.17) is 11.6 Å². The van der Waals surface area contributed by atoms with Gasteiger partial charge >= 0.3 is 5.82 Å². The normalized spacial score (nSPS) is 14.9. The fraction of sp³-hybridized carbons (Fsp3) is 0.136. The van der Waals surface area contributed by atoms with Crippen LogP contribution in [0.4, 0.5) is 5.82 Å². The molecule has 0 radical (unpaired) electrons. The van der Waals surface area contributed by atoms with Gasteiger partial charge in [0.2, 0.25) is 0 Å². The summed E-state index contributed by atoms with van der Waals surface area (Å²) >= 11 is 6.06. The third kappa shape index (κ3) is 4.24. The van der Waals surface area contributed by atoms with Crippen LogP contribution in [-0.2, 0) is 11.3 Å². The molecule has 0 saturated carbocycles. The second-order valence-electron chi connectivity index (χ2n) is 6.92. The number of hydrogen-bond donors (Lipinski definition) is 0. The Morgan fingerprint density at radius 2 is 1.90 bits per heavy atom. The van der Waals surface area contributed by atoms with Crippen LogP contribution in [0.1, 0.15) is 17.0 Å². The number of nitro groups is 1. The predicted octanol–water partition coefficient (Wildman–Crippen LogP) is 4.08. The summed E-state index contributed by atoms with van der Waals surface area (Å²) in [4.78, 5) is 34.1. The molecule has 2 aromatic carbocycles. The van der Waals surface area contributed by atoms with E-state index in [0.717, 1.165) is 11.1 Å². The van der Waals surface area contributed by atoms with Crippen molar-refractivity contribution in [2.75, 3.05) is 6.54 Å². The van der Waals surface area contributed by atoms with Crippen LogP contribution in [0.25, 0.3) is 6.08 Å². The Labute approximate surface area is 183 Å². The van der Waals surface area contributed by atoms with Crippen LogP contribution in [-0.4, -0.2) is 37.7 Å². The first-order valence-corrected chi connectivity index (χ1v) is 9.91. The quantitative estimate of drug-likeness (QED) is 0.331. The average molecular weight is 436 g/mol. The number of imidazole rings is 1. The van der Waals surface area contributed by atoms with Gasteiger partial charge in [0, 0.05) is 17.5 Å². The van der Waals surface area contributed by atoms with Crippen molar-refractivity contribution in [3.05, 3.63) is 98.6 Å². The number of rotatable bonds is 6. The molecule has 0 bridgehead atoms. The number of carbonyl (C=O) groups is 1. The molecule has 8 nitrogen and oxygen atoms in total.